The summed E-state index contributed by atoms with van der Waals surface area (Å²) in [6, 6.07) is 4.18. The second-order valence-corrected chi connectivity index (χ2v) is 12.3. The molecule has 0 saturated carbocycles. The van der Waals surface area contributed by atoms with Crippen molar-refractivity contribution in [1.29, 1.82) is 0 Å². The Bertz CT molecular complexity index is 1130. The number of hydrogen-bond donors (Lipinski definition) is 0. The van der Waals surface area contributed by atoms with Gasteiger partial charge in [0.2, 0.25) is 0 Å². The summed E-state index contributed by atoms with van der Waals surface area (Å²) < 4.78 is 26.4. The van der Waals surface area contributed by atoms with Crippen LogP contribution in [0.25, 0.3) is 11.0 Å². The molecule has 3 aliphatic rings. The lowest BCUT2D eigenvalue weighted by Crippen LogP contribution is -2.50. The maximum Gasteiger partial charge on any atom is 0.494 e. The zero-order valence-electron chi connectivity index (χ0n) is 23.2. The predicted molar refractivity (Wildman–Crippen MR) is 142 cm³/mol. The number of piperazine rings is 1. The van der Waals surface area contributed by atoms with E-state index in [1.807, 2.05) is 25.5 Å². The van der Waals surface area contributed by atoms with E-state index in [-0.39, 0.29) is 12.3 Å². The molecule has 0 radical (unpaired) electrons. The van der Waals surface area contributed by atoms with Crippen LogP contribution in [-0.2, 0) is 18.8 Å². The van der Waals surface area contributed by atoms with Gasteiger partial charge in [0.05, 0.1) is 22.4 Å². The lowest BCUT2D eigenvalue weighted by atomic mass is 9.78. The van der Waals surface area contributed by atoms with Crippen molar-refractivity contribution in [3.8, 4) is 0 Å². The number of carbonyl (C=O) groups excluding carboxylic acids is 1. The van der Waals surface area contributed by atoms with Crippen LogP contribution in [0, 0.1) is 0 Å². The number of aromatic nitrogens is 3. The third-order valence-electron chi connectivity index (χ3n) is 7.81. The van der Waals surface area contributed by atoms with Gasteiger partial charge >= 0.3 is 13.2 Å². The molecule has 0 spiro atoms. The van der Waals surface area contributed by atoms with Gasteiger partial charge in [-0.15, -0.1) is 5.10 Å². The summed E-state index contributed by atoms with van der Waals surface area (Å²) in [7, 11) is -0.508. The predicted octanol–water partition coefficient (Wildman–Crippen LogP) is 3.49. The average Bonchev–Trinajstić information content (AvgIpc) is 3.35. The Balaban J connectivity index is 1.47. The summed E-state index contributed by atoms with van der Waals surface area (Å²) in [5.74, 6) is 0. The summed E-state index contributed by atoms with van der Waals surface area (Å²) in [4.78, 5) is 16.6. The van der Waals surface area contributed by atoms with Crippen molar-refractivity contribution in [1.82, 2.24) is 19.9 Å². The summed E-state index contributed by atoms with van der Waals surface area (Å²) in [6.07, 6.45) is 2.66. The highest BCUT2D eigenvalue weighted by atomic mass is 16.7. The fourth-order valence-corrected chi connectivity index (χ4v) is 4.99. The maximum absolute atomic E-state index is 12.6. The van der Waals surface area contributed by atoms with E-state index in [1.54, 1.807) is 4.90 Å². The smallest absolute Gasteiger partial charge is 0.444 e. The minimum absolute atomic E-state index is 0.135. The lowest BCUT2D eigenvalue weighted by Gasteiger charge is -2.37. The van der Waals surface area contributed by atoms with Crippen molar-refractivity contribution < 1.29 is 23.6 Å². The Hall–Kier alpha value is -2.37. The van der Waals surface area contributed by atoms with Crippen molar-refractivity contribution in [3.05, 3.63) is 12.1 Å². The summed E-state index contributed by atoms with van der Waals surface area (Å²) >= 11 is 0. The number of carbonyl (C=O) groups is 1. The minimum atomic E-state index is -0.517. The minimum Gasteiger partial charge on any atom is -0.444 e. The fraction of sp³-hybridized carbons (Fsp3) is 0.731. The first kappa shape index (κ1) is 26.3. The zero-order chi connectivity index (χ0) is 26.6. The molecule has 10 nitrogen and oxygen atoms in total. The van der Waals surface area contributed by atoms with Crippen LogP contribution in [-0.4, -0.2) is 82.7 Å². The van der Waals surface area contributed by atoms with Gasteiger partial charge in [-0.2, -0.15) is 0 Å². The molecule has 1 amide bonds. The Morgan fingerprint density at radius 2 is 1.73 bits per heavy atom. The van der Waals surface area contributed by atoms with Gasteiger partial charge in [-0.25, -0.2) is 9.48 Å². The summed E-state index contributed by atoms with van der Waals surface area (Å²) in [6.45, 7) is 17.1. The molecule has 11 heteroatoms. The van der Waals surface area contributed by atoms with Crippen molar-refractivity contribution in [2.75, 3.05) is 37.7 Å². The van der Waals surface area contributed by atoms with Crippen LogP contribution in [0.15, 0.2) is 12.1 Å². The molecular formula is C26H40BN5O5. The second kappa shape index (κ2) is 9.43. The number of nitrogens with zero attached hydrogens (tertiary/aromatic N) is 5. The topological polar surface area (TPSA) is 91.2 Å². The number of fused-ring (bicyclic) bond motifs is 1. The van der Waals surface area contributed by atoms with E-state index < -0.39 is 23.9 Å². The largest absolute Gasteiger partial charge is 0.494 e. The third-order valence-corrected chi connectivity index (χ3v) is 7.81. The van der Waals surface area contributed by atoms with Crippen LogP contribution in [0.2, 0.25) is 0 Å². The van der Waals surface area contributed by atoms with Crippen molar-refractivity contribution in [2.45, 2.75) is 90.8 Å². The average molecular weight is 513 g/mol. The Morgan fingerprint density at radius 3 is 2.32 bits per heavy atom. The van der Waals surface area contributed by atoms with Crippen LogP contribution in [0.3, 0.4) is 0 Å². The van der Waals surface area contributed by atoms with Crippen LogP contribution in [0.1, 0.15) is 74.0 Å². The Labute approximate surface area is 219 Å². The van der Waals surface area contributed by atoms with E-state index in [9.17, 15) is 4.79 Å². The van der Waals surface area contributed by atoms with Gasteiger partial charge in [-0.3, -0.25) is 0 Å². The van der Waals surface area contributed by atoms with Gasteiger partial charge in [0.1, 0.15) is 11.1 Å². The van der Waals surface area contributed by atoms with Crippen molar-refractivity contribution in [2.24, 2.45) is 0 Å². The molecule has 202 valence electrons. The molecule has 3 aliphatic heterocycles. The lowest BCUT2D eigenvalue weighted by molar-refractivity contribution is -0.0377. The van der Waals surface area contributed by atoms with Gasteiger partial charge in [0, 0.05) is 32.8 Å². The second-order valence-electron chi connectivity index (χ2n) is 12.3. The Kier molecular flexibility index (Phi) is 6.69. The van der Waals surface area contributed by atoms with Gasteiger partial charge in [0.25, 0.3) is 0 Å². The molecule has 0 bridgehead atoms. The fourth-order valence-electron chi connectivity index (χ4n) is 4.99. The molecule has 0 aliphatic carbocycles. The van der Waals surface area contributed by atoms with E-state index in [0.717, 1.165) is 48.1 Å². The van der Waals surface area contributed by atoms with Crippen LogP contribution in [0.5, 0.6) is 0 Å². The number of rotatable bonds is 3. The molecule has 1 aromatic carbocycles. The summed E-state index contributed by atoms with van der Waals surface area (Å²) in [5, 5.41) is 9.13. The molecule has 1 atom stereocenters. The van der Waals surface area contributed by atoms with Gasteiger partial charge in [-0.05, 0) is 85.3 Å². The molecule has 3 fully saturated rings. The van der Waals surface area contributed by atoms with Gasteiger partial charge in [-0.1, -0.05) is 5.21 Å². The SMILES string of the molecule is CC(C)(C)OC(=O)N1CCN(c2cc(B3OC(C)(C)C(C)(C)O3)cc3c2nnn3C2CCCCO2)CC1. The maximum atomic E-state index is 12.6. The standard InChI is InChI=1S/C26H40BN5O5/c1-24(2,3)35-23(33)31-13-11-30(12-14-31)19-16-18(27-36-25(4,5)26(6,7)37-27)17-20-22(19)28-29-32(20)21-10-8-9-15-34-21/h16-17,21H,8-15H2,1-7H3. The van der Waals surface area contributed by atoms with Crippen LogP contribution >= 0.6 is 0 Å². The first-order valence-electron chi connectivity index (χ1n) is 13.4. The highest BCUT2D eigenvalue weighted by molar-refractivity contribution is 6.62. The Morgan fingerprint density at radius 1 is 1.05 bits per heavy atom. The molecular weight excluding hydrogens is 473 g/mol. The monoisotopic (exact) mass is 513 g/mol. The first-order valence-corrected chi connectivity index (χ1v) is 13.4. The van der Waals surface area contributed by atoms with E-state index in [4.69, 9.17) is 18.8 Å². The third kappa shape index (κ3) is 5.18. The van der Waals surface area contributed by atoms with E-state index in [1.165, 1.54) is 0 Å². The zero-order valence-corrected chi connectivity index (χ0v) is 23.2. The van der Waals surface area contributed by atoms with Gasteiger partial charge in [0.15, 0.2) is 6.23 Å². The van der Waals surface area contributed by atoms with Gasteiger partial charge < -0.3 is 28.6 Å². The molecule has 37 heavy (non-hydrogen) atoms. The molecule has 4 heterocycles. The quantitative estimate of drug-likeness (QED) is 0.577. The number of ether oxygens (including phenoxy) is 2. The molecule has 1 aromatic heterocycles. The molecule has 5 rings (SSSR count). The van der Waals surface area contributed by atoms with Crippen molar-refractivity contribution in [3.63, 3.8) is 0 Å². The summed E-state index contributed by atoms with van der Waals surface area (Å²) in [5.41, 5.74) is 2.21. The molecule has 0 N–H and O–H groups in total. The normalized spacial score (nSPS) is 24.1. The van der Waals surface area contributed by atoms with E-state index in [0.29, 0.717) is 26.2 Å². The number of hydrogen-bond acceptors (Lipinski definition) is 8. The van der Waals surface area contributed by atoms with Crippen LogP contribution in [0.4, 0.5) is 10.5 Å². The van der Waals surface area contributed by atoms with Crippen LogP contribution < -0.4 is 10.4 Å². The van der Waals surface area contributed by atoms with E-state index >= 15 is 0 Å². The number of benzene rings is 1. The number of amides is 1. The number of anilines is 1. The molecule has 3 saturated heterocycles. The van der Waals surface area contributed by atoms with Crippen molar-refractivity contribution >= 4 is 35.4 Å². The van der Waals surface area contributed by atoms with E-state index in [2.05, 4.69) is 55.0 Å². The molecule has 2 aromatic rings. The highest BCUT2D eigenvalue weighted by Gasteiger charge is 2.52. The highest BCUT2D eigenvalue weighted by Crippen LogP contribution is 2.38. The molecule has 1 unspecified atom stereocenters. The first-order chi connectivity index (χ1) is 17.3.